The Balaban J connectivity index is 0.00000169. The van der Waals surface area contributed by atoms with Gasteiger partial charge in [-0.2, -0.15) is 0 Å². The SMILES string of the molecule is Nc1ncnc2c1nc(Br)n2[C@@H]1O[C@H]2COP(=O)([O-])O[C@@H]2[C@H]1O.[Na+]. The van der Waals surface area contributed by atoms with Crippen molar-refractivity contribution >= 4 is 40.7 Å². The fourth-order valence-corrected chi connectivity index (χ4v) is 4.16. The van der Waals surface area contributed by atoms with E-state index in [0.717, 1.165) is 0 Å². The first-order valence-electron chi connectivity index (χ1n) is 6.49. The molecule has 2 aromatic heterocycles. The molecule has 4 heterocycles. The summed E-state index contributed by atoms with van der Waals surface area (Å²) in [5.41, 5.74) is 6.41. The zero-order chi connectivity index (χ0) is 16.4. The van der Waals surface area contributed by atoms with Crippen molar-refractivity contribution in [3.05, 3.63) is 11.1 Å². The molecule has 1 unspecified atom stereocenters. The number of aromatic nitrogens is 4. The number of imidazole rings is 1. The molecule has 0 aliphatic carbocycles. The second kappa shape index (κ2) is 6.54. The van der Waals surface area contributed by atoms with Crippen LogP contribution in [-0.4, -0.2) is 49.5 Å². The molecule has 0 radical (unpaired) electrons. The third-order valence-corrected chi connectivity index (χ3v) is 5.20. The number of rotatable bonds is 1. The molecule has 14 heteroatoms. The maximum atomic E-state index is 11.4. The van der Waals surface area contributed by atoms with Crippen LogP contribution in [-0.2, 0) is 18.3 Å². The number of phosphoric ester groups is 1. The number of ether oxygens (including phenoxy) is 1. The van der Waals surface area contributed by atoms with E-state index in [1.54, 1.807) is 0 Å². The van der Waals surface area contributed by atoms with E-state index in [1.807, 2.05) is 0 Å². The topological polar surface area (TPSA) is 158 Å². The molecule has 2 aliphatic heterocycles. The van der Waals surface area contributed by atoms with Gasteiger partial charge in [0.2, 0.25) is 0 Å². The van der Waals surface area contributed by atoms with Gasteiger partial charge in [-0.05, 0) is 15.9 Å². The first kappa shape index (κ1) is 18.6. The molecule has 24 heavy (non-hydrogen) atoms. The zero-order valence-electron chi connectivity index (χ0n) is 12.3. The zero-order valence-corrected chi connectivity index (χ0v) is 16.8. The van der Waals surface area contributed by atoms with Gasteiger partial charge < -0.3 is 29.5 Å². The Morgan fingerprint density at radius 1 is 1.50 bits per heavy atom. The smallest absolute Gasteiger partial charge is 0.756 e. The first-order valence-corrected chi connectivity index (χ1v) is 8.74. The number of phosphoric acid groups is 1. The van der Waals surface area contributed by atoms with Crippen molar-refractivity contribution in [2.24, 2.45) is 0 Å². The van der Waals surface area contributed by atoms with E-state index in [1.165, 1.54) is 10.9 Å². The van der Waals surface area contributed by atoms with Crippen LogP contribution < -0.4 is 40.2 Å². The van der Waals surface area contributed by atoms with Crippen molar-refractivity contribution in [2.75, 3.05) is 12.3 Å². The van der Waals surface area contributed by atoms with Gasteiger partial charge in [0.25, 0.3) is 7.82 Å². The number of halogens is 1. The molecule has 0 saturated carbocycles. The van der Waals surface area contributed by atoms with Crippen LogP contribution in [0.2, 0.25) is 0 Å². The Morgan fingerprint density at radius 3 is 3.00 bits per heavy atom. The molecule has 124 valence electrons. The standard InChI is InChI=1S/C10H11BrN5O6P.Na/c11-10-15-4-7(12)13-2-14-8(4)16(10)9-5(17)6-3(21-9)1-20-23(18,19)22-6;/h2-3,5-6,9,17H,1H2,(H,18,19)(H2,12,13,14);/q;+1/p-1/t3-,5+,6-,9+;/m0./s1. The minimum atomic E-state index is -4.44. The van der Waals surface area contributed by atoms with Crippen LogP contribution in [0, 0.1) is 0 Å². The normalized spacial score (nSPS) is 35.6. The molecule has 0 amide bonds. The quantitative estimate of drug-likeness (QED) is 0.262. The number of nitrogens with two attached hydrogens (primary N) is 1. The summed E-state index contributed by atoms with van der Waals surface area (Å²) in [5.74, 6) is 0.169. The first-order chi connectivity index (χ1) is 10.9. The molecular weight excluding hydrogens is 420 g/mol. The summed E-state index contributed by atoms with van der Waals surface area (Å²) in [6.45, 7) is -0.236. The molecule has 2 aromatic rings. The predicted octanol–water partition coefficient (Wildman–Crippen LogP) is -3.68. The van der Waals surface area contributed by atoms with Gasteiger partial charge in [-0.25, -0.2) is 15.0 Å². The third kappa shape index (κ3) is 2.94. The Morgan fingerprint density at radius 2 is 2.25 bits per heavy atom. The van der Waals surface area contributed by atoms with Crippen LogP contribution in [0.4, 0.5) is 5.82 Å². The monoisotopic (exact) mass is 429 g/mol. The minimum absolute atomic E-state index is 0. The van der Waals surface area contributed by atoms with Gasteiger partial charge in [0.05, 0.1) is 6.61 Å². The van der Waals surface area contributed by atoms with Crippen LogP contribution in [0.1, 0.15) is 6.23 Å². The molecule has 0 spiro atoms. The number of nitrogen functional groups attached to an aromatic ring is 1. The van der Waals surface area contributed by atoms with Crippen molar-refractivity contribution in [3.8, 4) is 0 Å². The molecule has 0 aromatic carbocycles. The molecule has 2 fully saturated rings. The van der Waals surface area contributed by atoms with Gasteiger partial charge in [-0.1, -0.05) is 0 Å². The Bertz CT molecular complexity index is 837. The number of aliphatic hydroxyl groups is 1. The molecule has 0 bridgehead atoms. The van der Waals surface area contributed by atoms with Crippen LogP contribution >= 0.6 is 23.8 Å². The summed E-state index contributed by atoms with van der Waals surface area (Å²) in [6, 6.07) is 0. The van der Waals surface area contributed by atoms with Crippen molar-refractivity contribution in [1.29, 1.82) is 0 Å². The maximum Gasteiger partial charge on any atom is 1.00 e. The van der Waals surface area contributed by atoms with Gasteiger partial charge in [0.15, 0.2) is 27.9 Å². The van der Waals surface area contributed by atoms with Gasteiger partial charge in [0.1, 0.15) is 24.6 Å². The second-order valence-electron chi connectivity index (χ2n) is 5.05. The van der Waals surface area contributed by atoms with Gasteiger partial charge >= 0.3 is 29.6 Å². The summed E-state index contributed by atoms with van der Waals surface area (Å²) >= 11 is 3.25. The average molecular weight is 430 g/mol. The number of hydrogen-bond acceptors (Lipinski definition) is 10. The largest absolute Gasteiger partial charge is 1.00 e. The molecule has 3 N–H and O–H groups in total. The number of hydrogen-bond donors (Lipinski definition) is 2. The number of fused-ring (bicyclic) bond motifs is 2. The summed E-state index contributed by atoms with van der Waals surface area (Å²) in [5, 5.41) is 10.4. The van der Waals surface area contributed by atoms with Crippen molar-refractivity contribution in [1.82, 2.24) is 19.5 Å². The molecular formula is C10H10BrN5NaO6P. The fraction of sp³-hybridized carbons (Fsp3) is 0.500. The van der Waals surface area contributed by atoms with Crippen molar-refractivity contribution in [3.63, 3.8) is 0 Å². The fourth-order valence-electron chi connectivity index (χ4n) is 2.67. The summed E-state index contributed by atoms with van der Waals surface area (Å²) in [4.78, 5) is 23.5. The average Bonchev–Trinajstić information content (AvgIpc) is 2.97. The van der Waals surface area contributed by atoms with E-state index >= 15 is 0 Å². The van der Waals surface area contributed by atoms with E-state index in [4.69, 9.17) is 15.0 Å². The summed E-state index contributed by atoms with van der Waals surface area (Å²) < 4.78 is 28.2. The van der Waals surface area contributed by atoms with E-state index in [0.29, 0.717) is 15.9 Å². The second-order valence-corrected chi connectivity index (χ2v) is 7.12. The minimum Gasteiger partial charge on any atom is -0.756 e. The van der Waals surface area contributed by atoms with E-state index in [2.05, 4.69) is 35.4 Å². The Hall–Kier alpha value is -0.140. The van der Waals surface area contributed by atoms with Gasteiger partial charge in [0, 0.05) is 0 Å². The van der Waals surface area contributed by atoms with Crippen LogP contribution in [0.5, 0.6) is 0 Å². The molecule has 4 rings (SSSR count). The molecule has 2 saturated heterocycles. The van der Waals surface area contributed by atoms with E-state index < -0.39 is 32.4 Å². The number of anilines is 1. The van der Waals surface area contributed by atoms with Crippen LogP contribution in [0.3, 0.4) is 0 Å². The summed E-state index contributed by atoms with van der Waals surface area (Å²) in [7, 11) is -4.44. The molecule has 11 nitrogen and oxygen atoms in total. The number of aliphatic hydroxyl groups excluding tert-OH is 1. The van der Waals surface area contributed by atoms with Crippen molar-refractivity contribution < 1.29 is 57.9 Å². The van der Waals surface area contributed by atoms with Crippen LogP contribution in [0.15, 0.2) is 11.1 Å². The molecule has 5 atom stereocenters. The predicted molar refractivity (Wildman–Crippen MR) is 75.8 cm³/mol. The van der Waals surface area contributed by atoms with Gasteiger partial charge in [-0.3, -0.25) is 9.13 Å². The van der Waals surface area contributed by atoms with Crippen LogP contribution in [0.25, 0.3) is 11.2 Å². The van der Waals surface area contributed by atoms with E-state index in [9.17, 15) is 14.6 Å². The number of nitrogens with zero attached hydrogens (tertiary/aromatic N) is 4. The summed E-state index contributed by atoms with van der Waals surface area (Å²) in [6.07, 6.45) is -2.80. The van der Waals surface area contributed by atoms with E-state index in [-0.39, 0.29) is 42.0 Å². The Labute approximate surface area is 165 Å². The maximum absolute atomic E-state index is 11.4. The molecule has 2 aliphatic rings. The van der Waals surface area contributed by atoms with Crippen molar-refractivity contribution in [2.45, 2.75) is 24.5 Å². The Kier molecular flexibility index (Phi) is 5.08. The van der Waals surface area contributed by atoms with Gasteiger partial charge in [-0.15, -0.1) is 0 Å². The third-order valence-electron chi connectivity index (χ3n) is 3.67.